The van der Waals surface area contributed by atoms with E-state index in [2.05, 4.69) is 35.2 Å². The van der Waals surface area contributed by atoms with E-state index in [1.807, 2.05) is 13.0 Å². The van der Waals surface area contributed by atoms with Gasteiger partial charge >= 0.3 is 0 Å². The first-order valence-electron chi connectivity index (χ1n) is 9.24. The van der Waals surface area contributed by atoms with Gasteiger partial charge in [-0.15, -0.1) is 0 Å². The Morgan fingerprint density at radius 3 is 2.88 bits per heavy atom. The highest BCUT2D eigenvalue weighted by atomic mass is 16.5. The average molecular weight is 344 g/mol. The Balaban J connectivity index is 1.72. The molecule has 1 aromatic heterocycles. The molecular weight excluding hydrogens is 316 g/mol. The van der Waals surface area contributed by atoms with Crippen LogP contribution in [0.1, 0.15) is 56.2 Å². The van der Waals surface area contributed by atoms with Crippen LogP contribution in [0, 0.1) is 0 Å². The third kappa shape index (κ3) is 4.15. The van der Waals surface area contributed by atoms with E-state index >= 15 is 0 Å². The van der Waals surface area contributed by atoms with Gasteiger partial charge in [0.1, 0.15) is 11.5 Å². The smallest absolute Gasteiger partial charge is 0.161 e. The SMILES string of the molecule is CCCc1cc([C@@H]2CCCN2Cc2ccc(OCC)c(OC)c2)no1. The van der Waals surface area contributed by atoms with E-state index in [9.17, 15) is 0 Å². The number of hydrogen-bond donors (Lipinski definition) is 0. The molecule has 0 aliphatic carbocycles. The van der Waals surface area contributed by atoms with Gasteiger partial charge in [0.2, 0.25) is 0 Å². The Morgan fingerprint density at radius 1 is 1.24 bits per heavy atom. The Kier molecular flexibility index (Phi) is 5.97. The summed E-state index contributed by atoms with van der Waals surface area (Å²) in [5, 5.41) is 4.32. The molecule has 0 unspecified atom stereocenters. The first-order valence-corrected chi connectivity index (χ1v) is 9.24. The van der Waals surface area contributed by atoms with Crippen LogP contribution in [0.15, 0.2) is 28.8 Å². The average Bonchev–Trinajstić information content (AvgIpc) is 3.26. The van der Waals surface area contributed by atoms with Gasteiger partial charge in [0.15, 0.2) is 11.5 Å². The fraction of sp³-hybridized carbons (Fsp3) is 0.550. The molecule has 1 atom stereocenters. The Labute approximate surface area is 149 Å². The highest BCUT2D eigenvalue weighted by Crippen LogP contribution is 2.34. The number of likely N-dealkylation sites (tertiary alicyclic amines) is 1. The van der Waals surface area contributed by atoms with Crippen LogP contribution < -0.4 is 9.47 Å². The highest BCUT2D eigenvalue weighted by Gasteiger charge is 2.28. The molecule has 25 heavy (non-hydrogen) atoms. The summed E-state index contributed by atoms with van der Waals surface area (Å²) in [6.07, 6.45) is 4.35. The number of rotatable bonds is 8. The summed E-state index contributed by atoms with van der Waals surface area (Å²) >= 11 is 0. The number of ether oxygens (including phenoxy) is 2. The van der Waals surface area contributed by atoms with Crippen LogP contribution in [0.25, 0.3) is 0 Å². The van der Waals surface area contributed by atoms with Gasteiger partial charge in [-0.1, -0.05) is 18.1 Å². The second-order valence-corrected chi connectivity index (χ2v) is 6.51. The summed E-state index contributed by atoms with van der Waals surface area (Å²) < 4.78 is 16.6. The van der Waals surface area contributed by atoms with Gasteiger partial charge in [-0.25, -0.2) is 0 Å². The topological polar surface area (TPSA) is 47.7 Å². The normalized spacial score (nSPS) is 17.8. The summed E-state index contributed by atoms with van der Waals surface area (Å²) in [5.41, 5.74) is 2.29. The van der Waals surface area contributed by atoms with E-state index in [1.165, 1.54) is 12.0 Å². The van der Waals surface area contributed by atoms with Crippen molar-refractivity contribution in [3.05, 3.63) is 41.3 Å². The molecule has 0 radical (unpaired) electrons. The molecule has 5 nitrogen and oxygen atoms in total. The van der Waals surface area contributed by atoms with Crippen LogP contribution in [0.3, 0.4) is 0 Å². The van der Waals surface area contributed by atoms with Crippen molar-refractivity contribution in [3.63, 3.8) is 0 Å². The lowest BCUT2D eigenvalue weighted by Gasteiger charge is -2.23. The summed E-state index contributed by atoms with van der Waals surface area (Å²) in [4.78, 5) is 2.47. The van der Waals surface area contributed by atoms with Gasteiger partial charge in [-0.3, -0.25) is 4.90 Å². The number of nitrogens with zero attached hydrogens (tertiary/aromatic N) is 2. The van der Waals surface area contributed by atoms with E-state index in [0.717, 1.165) is 55.3 Å². The molecule has 1 aliphatic heterocycles. The third-order valence-electron chi connectivity index (χ3n) is 4.69. The van der Waals surface area contributed by atoms with Crippen molar-refractivity contribution in [1.82, 2.24) is 10.1 Å². The first kappa shape index (κ1) is 17.8. The fourth-order valence-corrected chi connectivity index (χ4v) is 3.52. The van der Waals surface area contributed by atoms with E-state index in [4.69, 9.17) is 14.0 Å². The van der Waals surface area contributed by atoms with Gasteiger partial charge in [-0.05, 0) is 50.4 Å². The van der Waals surface area contributed by atoms with Gasteiger partial charge in [-0.2, -0.15) is 0 Å². The van der Waals surface area contributed by atoms with E-state index in [1.54, 1.807) is 7.11 Å². The molecule has 0 amide bonds. The highest BCUT2D eigenvalue weighted by molar-refractivity contribution is 5.43. The maximum atomic E-state index is 5.61. The second kappa shape index (κ2) is 8.39. The molecule has 2 heterocycles. The molecular formula is C20H28N2O3. The summed E-state index contributed by atoms with van der Waals surface area (Å²) in [6, 6.07) is 8.66. The molecule has 0 bridgehead atoms. The van der Waals surface area contributed by atoms with Gasteiger partial charge in [0, 0.05) is 19.0 Å². The monoisotopic (exact) mass is 344 g/mol. The summed E-state index contributed by atoms with van der Waals surface area (Å²) in [6.45, 7) is 6.73. The fourth-order valence-electron chi connectivity index (χ4n) is 3.52. The number of aryl methyl sites for hydroxylation is 1. The standard InChI is InChI=1S/C20H28N2O3/c1-4-7-16-13-17(21-25-16)18-8-6-11-22(18)14-15-9-10-19(24-5-2)20(12-15)23-3/h9-10,12-13,18H,4-8,11,14H2,1-3H3/t18-/m0/s1. The quantitative estimate of drug-likeness (QED) is 0.711. The summed E-state index contributed by atoms with van der Waals surface area (Å²) in [7, 11) is 1.69. The number of methoxy groups -OCH3 is 1. The molecule has 136 valence electrons. The molecule has 0 spiro atoms. The Bertz CT molecular complexity index is 683. The van der Waals surface area contributed by atoms with Crippen molar-refractivity contribution < 1.29 is 14.0 Å². The predicted octanol–water partition coefficient (Wildman–Crippen LogP) is 4.37. The van der Waals surface area contributed by atoms with Crippen molar-refractivity contribution >= 4 is 0 Å². The molecule has 1 fully saturated rings. The molecule has 3 rings (SSSR count). The van der Waals surface area contributed by atoms with Crippen molar-refractivity contribution in [3.8, 4) is 11.5 Å². The van der Waals surface area contributed by atoms with Crippen LogP contribution >= 0.6 is 0 Å². The molecule has 1 aromatic carbocycles. The Morgan fingerprint density at radius 2 is 2.12 bits per heavy atom. The van der Waals surface area contributed by atoms with E-state index in [0.29, 0.717) is 12.6 Å². The molecule has 1 saturated heterocycles. The van der Waals surface area contributed by atoms with E-state index < -0.39 is 0 Å². The molecule has 0 saturated carbocycles. The third-order valence-corrected chi connectivity index (χ3v) is 4.69. The number of aromatic nitrogens is 1. The van der Waals surface area contributed by atoms with Gasteiger partial charge in [0.05, 0.1) is 19.8 Å². The zero-order valence-corrected chi connectivity index (χ0v) is 15.5. The van der Waals surface area contributed by atoms with Crippen LogP contribution in [-0.2, 0) is 13.0 Å². The maximum Gasteiger partial charge on any atom is 0.161 e. The van der Waals surface area contributed by atoms with Crippen LogP contribution in [0.5, 0.6) is 11.5 Å². The molecule has 0 N–H and O–H groups in total. The minimum Gasteiger partial charge on any atom is -0.493 e. The minimum absolute atomic E-state index is 0.340. The van der Waals surface area contributed by atoms with Crippen molar-refractivity contribution in [1.29, 1.82) is 0 Å². The minimum atomic E-state index is 0.340. The maximum absolute atomic E-state index is 5.61. The van der Waals surface area contributed by atoms with Gasteiger partial charge in [0.25, 0.3) is 0 Å². The zero-order valence-electron chi connectivity index (χ0n) is 15.5. The first-order chi connectivity index (χ1) is 12.2. The van der Waals surface area contributed by atoms with Crippen molar-refractivity contribution in [2.75, 3.05) is 20.3 Å². The lowest BCUT2D eigenvalue weighted by molar-refractivity contribution is 0.235. The molecule has 2 aromatic rings. The molecule has 1 aliphatic rings. The van der Waals surface area contributed by atoms with Crippen molar-refractivity contribution in [2.24, 2.45) is 0 Å². The number of benzene rings is 1. The van der Waals surface area contributed by atoms with Crippen LogP contribution in [0.2, 0.25) is 0 Å². The van der Waals surface area contributed by atoms with Gasteiger partial charge < -0.3 is 14.0 Å². The predicted molar refractivity (Wildman–Crippen MR) is 97.0 cm³/mol. The lowest BCUT2D eigenvalue weighted by Crippen LogP contribution is -2.23. The number of hydrogen-bond acceptors (Lipinski definition) is 5. The lowest BCUT2D eigenvalue weighted by atomic mass is 10.1. The van der Waals surface area contributed by atoms with E-state index in [-0.39, 0.29) is 0 Å². The van der Waals surface area contributed by atoms with Crippen LogP contribution in [-0.4, -0.2) is 30.3 Å². The van der Waals surface area contributed by atoms with Crippen LogP contribution in [0.4, 0.5) is 0 Å². The Hall–Kier alpha value is -2.01. The second-order valence-electron chi connectivity index (χ2n) is 6.51. The largest absolute Gasteiger partial charge is 0.493 e. The zero-order chi connectivity index (χ0) is 17.6. The molecule has 5 heteroatoms. The van der Waals surface area contributed by atoms with Crippen molar-refractivity contribution in [2.45, 2.75) is 52.1 Å². The summed E-state index contributed by atoms with van der Waals surface area (Å²) in [5.74, 6) is 2.58.